The standard InChI is InChI=1S/C36H60N4O6Si3/c1-23(41)24-17-19-25(20-18-24)30-38-31-27(32(42)39-30)37-22-40(31)33-29(46-49(15,16)36(8,9)10)28(45-48(13,14)35(5,6)7)26(44-33)21-43-47(11,12)34(2,3)4/h17-20,22,26,28-29,33H,21H2,1-16H3,(H,38,39,42). The fourth-order valence-electron chi connectivity index (χ4n) is 4.99. The summed E-state index contributed by atoms with van der Waals surface area (Å²) in [6.45, 7) is 35.5. The molecule has 0 radical (unpaired) electrons. The van der Waals surface area contributed by atoms with Gasteiger partial charge in [-0.25, -0.2) is 9.97 Å². The van der Waals surface area contributed by atoms with E-state index in [1.54, 1.807) is 30.6 Å². The number of nitrogens with one attached hydrogen (secondary N) is 1. The van der Waals surface area contributed by atoms with Crippen LogP contribution < -0.4 is 5.56 Å². The molecule has 0 bridgehead atoms. The third-order valence-corrected chi connectivity index (χ3v) is 24.9. The Morgan fingerprint density at radius 2 is 1.35 bits per heavy atom. The summed E-state index contributed by atoms with van der Waals surface area (Å²) in [7, 11) is -6.87. The number of benzene rings is 1. The smallest absolute Gasteiger partial charge is 0.279 e. The Morgan fingerprint density at radius 1 is 0.837 bits per heavy atom. The molecule has 0 spiro atoms. The quantitative estimate of drug-likeness (QED) is 0.163. The topological polar surface area (TPSA) is 118 Å². The van der Waals surface area contributed by atoms with Gasteiger partial charge in [0, 0.05) is 11.1 Å². The van der Waals surface area contributed by atoms with Crippen molar-refractivity contribution in [3.63, 3.8) is 0 Å². The Balaban J connectivity index is 1.89. The molecule has 2 aromatic heterocycles. The lowest BCUT2D eigenvalue weighted by Crippen LogP contribution is -2.54. The van der Waals surface area contributed by atoms with Crippen LogP contribution in [0.3, 0.4) is 0 Å². The molecule has 272 valence electrons. The van der Waals surface area contributed by atoms with E-state index in [0.29, 0.717) is 29.2 Å². The third kappa shape index (κ3) is 8.13. The summed E-state index contributed by atoms with van der Waals surface area (Å²) in [6, 6.07) is 7.04. The van der Waals surface area contributed by atoms with Gasteiger partial charge in [-0.2, -0.15) is 0 Å². The molecular formula is C36H60N4O6Si3. The summed E-state index contributed by atoms with van der Waals surface area (Å²) in [5.41, 5.74) is 1.50. The van der Waals surface area contributed by atoms with Gasteiger partial charge in [-0.05, 0) is 61.3 Å². The highest BCUT2D eigenvalue weighted by Crippen LogP contribution is 2.47. The van der Waals surface area contributed by atoms with Crippen molar-refractivity contribution in [2.75, 3.05) is 6.61 Å². The van der Waals surface area contributed by atoms with Crippen molar-refractivity contribution in [2.45, 2.75) is 148 Å². The van der Waals surface area contributed by atoms with Gasteiger partial charge in [0.15, 0.2) is 48.1 Å². The first-order valence-electron chi connectivity index (χ1n) is 17.4. The number of imidazole rings is 1. The van der Waals surface area contributed by atoms with Gasteiger partial charge < -0.3 is 23.0 Å². The molecule has 1 saturated heterocycles. The minimum Gasteiger partial charge on any atom is -0.414 e. The van der Waals surface area contributed by atoms with Crippen LogP contribution in [0, 0.1) is 0 Å². The zero-order valence-electron chi connectivity index (χ0n) is 32.7. The Bertz CT molecular complexity index is 1710. The van der Waals surface area contributed by atoms with Gasteiger partial charge >= 0.3 is 0 Å². The Kier molecular flexibility index (Phi) is 10.8. The zero-order valence-corrected chi connectivity index (χ0v) is 35.7. The number of Topliss-reactive ketones (excluding diaryl/α,β-unsaturated/α-hetero) is 1. The predicted molar refractivity (Wildman–Crippen MR) is 205 cm³/mol. The molecule has 10 nitrogen and oxygen atoms in total. The first-order valence-corrected chi connectivity index (χ1v) is 26.1. The average Bonchev–Trinajstić information content (AvgIpc) is 3.51. The highest BCUT2D eigenvalue weighted by molar-refractivity contribution is 6.75. The number of ether oxygens (including phenoxy) is 1. The lowest BCUT2D eigenvalue weighted by atomic mass is 10.1. The van der Waals surface area contributed by atoms with Crippen LogP contribution >= 0.6 is 0 Å². The van der Waals surface area contributed by atoms with Crippen LogP contribution in [0.4, 0.5) is 0 Å². The molecule has 1 aliphatic heterocycles. The van der Waals surface area contributed by atoms with Crippen LogP contribution in [0.2, 0.25) is 54.4 Å². The van der Waals surface area contributed by atoms with Gasteiger partial charge in [-0.15, -0.1) is 0 Å². The lowest BCUT2D eigenvalue weighted by molar-refractivity contribution is -0.0470. The van der Waals surface area contributed by atoms with E-state index in [2.05, 4.69) is 112 Å². The molecule has 13 heteroatoms. The number of aromatic amines is 1. The number of carbonyl (C=O) groups excluding carboxylic acids is 1. The number of fused-ring (bicyclic) bond motifs is 1. The van der Waals surface area contributed by atoms with Crippen molar-refractivity contribution in [3.8, 4) is 11.4 Å². The highest BCUT2D eigenvalue weighted by atomic mass is 28.4. The molecule has 0 amide bonds. The predicted octanol–water partition coefficient (Wildman–Crippen LogP) is 8.69. The zero-order chi connectivity index (χ0) is 37.1. The first kappa shape index (κ1) is 39.5. The number of ketones is 1. The molecule has 3 heterocycles. The number of nitrogens with zero attached hydrogens (tertiary/aromatic N) is 3. The first-order chi connectivity index (χ1) is 22.2. The van der Waals surface area contributed by atoms with Crippen LogP contribution in [0.25, 0.3) is 22.6 Å². The van der Waals surface area contributed by atoms with Crippen LogP contribution in [-0.2, 0) is 18.0 Å². The van der Waals surface area contributed by atoms with E-state index < -0.39 is 49.5 Å². The van der Waals surface area contributed by atoms with Crippen molar-refractivity contribution in [1.82, 2.24) is 19.5 Å². The summed E-state index contributed by atoms with van der Waals surface area (Å²) in [5.74, 6) is 0.343. The number of carbonyl (C=O) groups is 1. The normalized spacial score (nSPS) is 21.5. The van der Waals surface area contributed by atoms with Gasteiger partial charge in [0.2, 0.25) is 0 Å². The summed E-state index contributed by atoms with van der Waals surface area (Å²) in [4.78, 5) is 37.6. The van der Waals surface area contributed by atoms with E-state index in [1.165, 1.54) is 6.92 Å². The van der Waals surface area contributed by atoms with E-state index in [4.69, 9.17) is 23.0 Å². The van der Waals surface area contributed by atoms with Gasteiger partial charge in [-0.1, -0.05) is 86.6 Å². The van der Waals surface area contributed by atoms with Gasteiger partial charge in [0.1, 0.15) is 24.1 Å². The number of aromatic nitrogens is 4. The largest absolute Gasteiger partial charge is 0.414 e. The monoisotopic (exact) mass is 728 g/mol. The fourth-order valence-corrected chi connectivity index (χ4v) is 8.61. The van der Waals surface area contributed by atoms with Crippen molar-refractivity contribution in [3.05, 3.63) is 46.5 Å². The van der Waals surface area contributed by atoms with Crippen molar-refractivity contribution >= 4 is 41.9 Å². The summed E-state index contributed by atoms with van der Waals surface area (Å²) in [6.07, 6.45) is -0.421. The summed E-state index contributed by atoms with van der Waals surface area (Å²) >= 11 is 0. The van der Waals surface area contributed by atoms with Gasteiger partial charge in [0.05, 0.1) is 12.9 Å². The van der Waals surface area contributed by atoms with E-state index in [9.17, 15) is 9.59 Å². The number of H-pyrrole nitrogens is 1. The van der Waals surface area contributed by atoms with Crippen molar-refractivity contribution < 1.29 is 22.8 Å². The Labute approximate surface area is 296 Å². The van der Waals surface area contributed by atoms with Gasteiger partial charge in [-0.3, -0.25) is 14.2 Å². The molecule has 1 fully saturated rings. The van der Waals surface area contributed by atoms with Crippen molar-refractivity contribution in [2.24, 2.45) is 0 Å². The van der Waals surface area contributed by atoms with Gasteiger partial charge in [0.25, 0.3) is 5.56 Å². The third-order valence-electron chi connectivity index (χ3n) is 11.4. The van der Waals surface area contributed by atoms with Crippen LogP contribution in [0.5, 0.6) is 0 Å². The van der Waals surface area contributed by atoms with Crippen LogP contribution in [-0.4, -0.2) is 75.2 Å². The maximum atomic E-state index is 13.4. The SMILES string of the molecule is CC(=O)c1ccc(-c2nc3c(ncn3C3OC(CO[Si](C)(C)C(C)(C)C)C(O[Si](C)(C)C(C)(C)C)C3O[Si](C)(C)C(C)(C)C)c(=O)[nH]2)cc1. The maximum absolute atomic E-state index is 13.4. The molecule has 1 aromatic carbocycles. The summed E-state index contributed by atoms with van der Waals surface area (Å²) in [5, 5.41) is -0.121. The molecule has 1 N–H and O–H groups in total. The number of hydrogen-bond acceptors (Lipinski definition) is 8. The molecule has 1 aliphatic rings. The minimum absolute atomic E-state index is 0.0162. The van der Waals surface area contributed by atoms with E-state index in [1.807, 2.05) is 4.57 Å². The van der Waals surface area contributed by atoms with E-state index >= 15 is 0 Å². The van der Waals surface area contributed by atoms with E-state index in [0.717, 1.165) is 0 Å². The second-order valence-electron chi connectivity index (χ2n) is 18.2. The van der Waals surface area contributed by atoms with Crippen LogP contribution in [0.1, 0.15) is 85.8 Å². The second kappa shape index (κ2) is 13.4. The van der Waals surface area contributed by atoms with Crippen molar-refractivity contribution in [1.29, 1.82) is 0 Å². The fraction of sp³-hybridized carbons (Fsp3) is 0.667. The second-order valence-corrected chi connectivity index (χ2v) is 32.5. The number of hydrogen-bond donors (Lipinski definition) is 1. The molecule has 0 saturated carbocycles. The molecule has 49 heavy (non-hydrogen) atoms. The molecular weight excluding hydrogens is 669 g/mol. The Hall–Kier alpha value is -2.27. The highest BCUT2D eigenvalue weighted by Gasteiger charge is 2.55. The average molecular weight is 729 g/mol. The lowest BCUT2D eigenvalue weighted by Gasteiger charge is -2.44. The maximum Gasteiger partial charge on any atom is 0.279 e. The number of rotatable bonds is 10. The van der Waals surface area contributed by atoms with Crippen LogP contribution in [0.15, 0.2) is 35.4 Å². The minimum atomic E-state index is -2.39. The molecule has 3 aromatic rings. The molecule has 4 atom stereocenters. The molecule has 4 rings (SSSR count). The molecule has 0 aliphatic carbocycles. The summed E-state index contributed by atoms with van der Waals surface area (Å²) < 4.78 is 30.3. The Morgan fingerprint density at radius 3 is 1.84 bits per heavy atom. The molecule has 4 unspecified atom stereocenters. The van der Waals surface area contributed by atoms with E-state index in [-0.39, 0.29) is 32.0 Å².